The molecule has 0 aliphatic carbocycles. The highest BCUT2D eigenvalue weighted by Gasteiger charge is 2.16. The van der Waals surface area contributed by atoms with Crippen molar-refractivity contribution in [2.45, 2.75) is 0 Å². The first kappa shape index (κ1) is 12.2. The van der Waals surface area contributed by atoms with Gasteiger partial charge in [-0.15, -0.1) is 15.2 Å². The van der Waals surface area contributed by atoms with E-state index in [4.69, 9.17) is 16.9 Å². The van der Waals surface area contributed by atoms with Crippen molar-refractivity contribution >= 4 is 17.6 Å². The summed E-state index contributed by atoms with van der Waals surface area (Å²) < 4.78 is 0. The van der Waals surface area contributed by atoms with Gasteiger partial charge in [0, 0.05) is 0 Å². The second-order valence-corrected chi connectivity index (χ2v) is 2.80. The molecule has 0 amide bonds. The summed E-state index contributed by atoms with van der Waals surface area (Å²) >= 11 is 0. The SMILES string of the molecule is N=C(N=C(N)N)N(O[N+](=O)[O-])c1ccccc1. The van der Waals surface area contributed by atoms with E-state index in [2.05, 4.69) is 9.93 Å². The normalized spacial score (nSPS) is 9.18. The number of aliphatic imine (C=N–C) groups is 1. The van der Waals surface area contributed by atoms with Gasteiger partial charge in [-0.3, -0.25) is 5.41 Å². The Morgan fingerprint density at radius 2 is 2.00 bits per heavy atom. The standard InChI is InChI=1S/C8H10N6O3/c9-7(10)12-8(11)13(17-14(15)16)6-4-2-1-3-5-6/h1-5H,(H5,9,10,11,12). The third-order valence-corrected chi connectivity index (χ3v) is 1.57. The first-order valence-corrected chi connectivity index (χ1v) is 4.36. The lowest BCUT2D eigenvalue weighted by atomic mass is 10.3. The maximum Gasteiger partial charge on any atom is 0.317 e. The van der Waals surface area contributed by atoms with Gasteiger partial charge < -0.3 is 11.5 Å². The van der Waals surface area contributed by atoms with Crippen LogP contribution in [0.5, 0.6) is 0 Å². The number of benzene rings is 1. The molecule has 0 saturated carbocycles. The lowest BCUT2D eigenvalue weighted by Gasteiger charge is -2.18. The number of hydrogen-bond donors (Lipinski definition) is 3. The van der Waals surface area contributed by atoms with Crippen LogP contribution in [0, 0.1) is 15.5 Å². The molecule has 1 aromatic carbocycles. The summed E-state index contributed by atoms with van der Waals surface area (Å²) in [5, 5.41) is 17.3. The number of hydrogen-bond acceptors (Lipinski definition) is 4. The van der Waals surface area contributed by atoms with E-state index < -0.39 is 17.0 Å². The number of hydroxylamine groups is 1. The summed E-state index contributed by atoms with van der Waals surface area (Å²) in [5.41, 5.74) is 10.4. The van der Waals surface area contributed by atoms with Gasteiger partial charge in [-0.25, -0.2) is 0 Å². The van der Waals surface area contributed by atoms with Crippen molar-refractivity contribution in [1.29, 1.82) is 5.41 Å². The van der Waals surface area contributed by atoms with E-state index in [0.717, 1.165) is 0 Å². The minimum Gasteiger partial charge on any atom is -0.370 e. The molecule has 0 fully saturated rings. The number of nitrogens with two attached hydrogens (primary N) is 2. The number of guanidine groups is 2. The van der Waals surface area contributed by atoms with E-state index in [9.17, 15) is 10.1 Å². The Morgan fingerprint density at radius 1 is 1.41 bits per heavy atom. The van der Waals surface area contributed by atoms with Crippen LogP contribution in [0.4, 0.5) is 5.69 Å². The van der Waals surface area contributed by atoms with E-state index >= 15 is 0 Å². The molecule has 0 bridgehead atoms. The first-order valence-electron chi connectivity index (χ1n) is 4.36. The van der Waals surface area contributed by atoms with Gasteiger partial charge in [-0.2, -0.15) is 9.93 Å². The summed E-state index contributed by atoms with van der Waals surface area (Å²) in [7, 11) is 0. The molecule has 9 nitrogen and oxygen atoms in total. The summed E-state index contributed by atoms with van der Waals surface area (Å²) in [6.45, 7) is 0. The minimum absolute atomic E-state index is 0.249. The fourth-order valence-corrected chi connectivity index (χ4v) is 1.01. The molecule has 1 aromatic rings. The molecule has 90 valence electrons. The molecular formula is C8H10N6O3. The number of nitrogens with zero attached hydrogens (tertiary/aromatic N) is 3. The average molecular weight is 238 g/mol. The van der Waals surface area contributed by atoms with Crippen molar-refractivity contribution in [3.8, 4) is 0 Å². The first-order chi connectivity index (χ1) is 8.00. The molecule has 0 spiro atoms. The van der Waals surface area contributed by atoms with E-state index in [1.165, 1.54) is 12.1 Å². The van der Waals surface area contributed by atoms with Gasteiger partial charge in [0.1, 0.15) is 0 Å². The van der Waals surface area contributed by atoms with Crippen molar-refractivity contribution in [2.24, 2.45) is 16.5 Å². The van der Waals surface area contributed by atoms with Crippen molar-refractivity contribution < 1.29 is 10.0 Å². The summed E-state index contributed by atoms with van der Waals surface area (Å²) in [6.07, 6.45) is 0. The molecule has 0 aromatic heterocycles. The van der Waals surface area contributed by atoms with Gasteiger partial charge >= 0.3 is 5.09 Å². The van der Waals surface area contributed by atoms with Crippen LogP contribution >= 0.6 is 0 Å². The van der Waals surface area contributed by atoms with Crippen molar-refractivity contribution in [2.75, 3.05) is 5.06 Å². The molecule has 0 aliphatic rings. The van der Waals surface area contributed by atoms with Crippen molar-refractivity contribution in [3.63, 3.8) is 0 Å². The lowest BCUT2D eigenvalue weighted by molar-refractivity contribution is -0.758. The van der Waals surface area contributed by atoms with Gasteiger partial charge in [0.05, 0.1) is 5.69 Å². The average Bonchev–Trinajstić information content (AvgIpc) is 2.25. The predicted molar refractivity (Wildman–Crippen MR) is 60.5 cm³/mol. The smallest absolute Gasteiger partial charge is 0.317 e. The van der Waals surface area contributed by atoms with Crippen molar-refractivity contribution in [1.82, 2.24) is 0 Å². The van der Waals surface area contributed by atoms with Crippen LogP contribution in [0.15, 0.2) is 35.3 Å². The monoisotopic (exact) mass is 238 g/mol. The van der Waals surface area contributed by atoms with Gasteiger partial charge in [-0.1, -0.05) is 18.2 Å². The highest BCUT2D eigenvalue weighted by atomic mass is 17.0. The third kappa shape index (κ3) is 3.66. The zero-order chi connectivity index (χ0) is 12.8. The van der Waals surface area contributed by atoms with Crippen molar-refractivity contribution in [3.05, 3.63) is 40.4 Å². The number of rotatable bonds is 3. The second kappa shape index (κ2) is 5.30. The van der Waals surface area contributed by atoms with Crippen LogP contribution in [0.3, 0.4) is 0 Å². The quantitative estimate of drug-likeness (QED) is 0.288. The van der Waals surface area contributed by atoms with E-state index in [1.54, 1.807) is 18.2 Å². The Morgan fingerprint density at radius 3 is 2.47 bits per heavy atom. The summed E-state index contributed by atoms with van der Waals surface area (Å²) in [4.78, 5) is 17.9. The minimum atomic E-state index is -1.07. The van der Waals surface area contributed by atoms with Crippen LogP contribution in [0.1, 0.15) is 0 Å². The van der Waals surface area contributed by atoms with Crippen LogP contribution in [0.2, 0.25) is 0 Å². The molecule has 0 atom stereocenters. The molecular weight excluding hydrogens is 228 g/mol. The van der Waals surface area contributed by atoms with Crippen LogP contribution in [-0.2, 0) is 4.94 Å². The molecule has 0 heterocycles. The molecule has 0 radical (unpaired) electrons. The van der Waals surface area contributed by atoms with Crippen LogP contribution < -0.4 is 16.5 Å². The van der Waals surface area contributed by atoms with Crippen LogP contribution in [-0.4, -0.2) is 17.0 Å². The van der Waals surface area contributed by atoms with Gasteiger partial charge in [0.25, 0.3) is 0 Å². The van der Waals surface area contributed by atoms with E-state index in [-0.39, 0.29) is 5.69 Å². The summed E-state index contributed by atoms with van der Waals surface area (Å²) in [6, 6.07) is 7.95. The molecule has 5 N–H and O–H groups in total. The fraction of sp³-hybridized carbons (Fsp3) is 0. The molecule has 0 aliphatic heterocycles. The highest BCUT2D eigenvalue weighted by molar-refractivity contribution is 5.99. The Labute approximate surface area is 95.9 Å². The summed E-state index contributed by atoms with van der Waals surface area (Å²) in [5.74, 6) is -1.00. The molecule has 1 rings (SSSR count). The lowest BCUT2D eigenvalue weighted by Crippen LogP contribution is -2.34. The number of anilines is 1. The van der Waals surface area contributed by atoms with Crippen LogP contribution in [0.25, 0.3) is 0 Å². The highest BCUT2D eigenvalue weighted by Crippen LogP contribution is 2.14. The molecule has 9 heteroatoms. The fourth-order valence-electron chi connectivity index (χ4n) is 1.01. The van der Waals surface area contributed by atoms with E-state index in [1.807, 2.05) is 0 Å². The predicted octanol–water partition coefficient (Wildman–Crippen LogP) is -0.176. The zero-order valence-electron chi connectivity index (χ0n) is 8.61. The van der Waals surface area contributed by atoms with Gasteiger partial charge in [0.2, 0.25) is 5.96 Å². The van der Waals surface area contributed by atoms with Gasteiger partial charge in [0.15, 0.2) is 5.96 Å². The van der Waals surface area contributed by atoms with Gasteiger partial charge in [-0.05, 0) is 12.1 Å². The molecule has 0 unspecified atom stereocenters. The Bertz CT molecular complexity index is 442. The number of nitrogens with one attached hydrogen (secondary N) is 1. The topological polar surface area (TPSA) is 144 Å². The molecule has 0 saturated heterocycles. The van der Waals surface area contributed by atoms with E-state index in [0.29, 0.717) is 5.06 Å². The molecule has 17 heavy (non-hydrogen) atoms. The Hall–Kier alpha value is -2.84. The third-order valence-electron chi connectivity index (χ3n) is 1.57. The Kier molecular flexibility index (Phi) is 3.81. The second-order valence-electron chi connectivity index (χ2n) is 2.80. The largest absolute Gasteiger partial charge is 0.370 e. The maximum atomic E-state index is 10.3. The maximum absolute atomic E-state index is 10.3. The Balaban J connectivity index is 3.00. The zero-order valence-corrected chi connectivity index (χ0v) is 8.61. The number of para-hydroxylation sites is 1.